The van der Waals surface area contributed by atoms with E-state index in [1.807, 2.05) is 25.3 Å². The fourth-order valence-corrected chi connectivity index (χ4v) is 2.03. The van der Waals surface area contributed by atoms with Gasteiger partial charge < -0.3 is 10.1 Å². The van der Waals surface area contributed by atoms with Crippen LogP contribution in [0, 0.1) is 5.82 Å². The van der Waals surface area contributed by atoms with E-state index >= 15 is 0 Å². The van der Waals surface area contributed by atoms with E-state index < -0.39 is 0 Å². The number of nitrogens with zero attached hydrogens (tertiary/aromatic N) is 1. The molecule has 2 rings (SSSR count). The zero-order valence-electron chi connectivity index (χ0n) is 11.1. The van der Waals surface area contributed by atoms with E-state index in [1.54, 1.807) is 18.3 Å². The highest BCUT2D eigenvalue weighted by Crippen LogP contribution is 2.26. The Balaban J connectivity index is 2.39. The molecule has 1 heterocycles. The van der Waals surface area contributed by atoms with Gasteiger partial charge in [0.2, 0.25) is 0 Å². The Bertz CT molecular complexity index is 531. The number of rotatable bonds is 5. The molecule has 3 nitrogen and oxygen atoms in total. The third kappa shape index (κ3) is 3.09. The second kappa shape index (κ2) is 6.29. The average molecular weight is 260 g/mol. The normalized spacial score (nSPS) is 12.2. The molecule has 100 valence electrons. The fourth-order valence-electron chi connectivity index (χ4n) is 2.03. The van der Waals surface area contributed by atoms with E-state index in [-0.39, 0.29) is 17.6 Å². The van der Waals surface area contributed by atoms with E-state index in [4.69, 9.17) is 4.74 Å². The van der Waals surface area contributed by atoms with Crippen LogP contribution < -0.4 is 10.1 Å². The van der Waals surface area contributed by atoms with Crippen LogP contribution in [-0.4, -0.2) is 18.6 Å². The third-order valence-electron chi connectivity index (χ3n) is 2.93. The summed E-state index contributed by atoms with van der Waals surface area (Å²) in [5, 5.41) is 3.37. The van der Waals surface area contributed by atoms with Crippen LogP contribution in [0.3, 0.4) is 0 Å². The molecule has 0 saturated carbocycles. The lowest BCUT2D eigenvalue weighted by atomic mass is 10.00. The van der Waals surface area contributed by atoms with Crippen LogP contribution in [-0.2, 0) is 0 Å². The molecule has 0 aliphatic heterocycles. The largest absolute Gasteiger partial charge is 0.494 e. The lowest BCUT2D eigenvalue weighted by Crippen LogP contribution is -2.22. The number of benzene rings is 1. The molecular weight excluding hydrogens is 243 g/mol. The van der Waals surface area contributed by atoms with Gasteiger partial charge in [-0.15, -0.1) is 0 Å². The third-order valence-corrected chi connectivity index (χ3v) is 2.93. The van der Waals surface area contributed by atoms with Gasteiger partial charge in [-0.25, -0.2) is 4.39 Å². The number of hydrogen-bond acceptors (Lipinski definition) is 3. The van der Waals surface area contributed by atoms with Crippen LogP contribution >= 0.6 is 0 Å². The zero-order chi connectivity index (χ0) is 13.7. The first-order valence-electron chi connectivity index (χ1n) is 6.23. The number of aromatic nitrogens is 1. The molecule has 2 aromatic rings. The van der Waals surface area contributed by atoms with Crippen LogP contribution in [0.15, 0.2) is 42.7 Å². The molecule has 0 spiro atoms. The van der Waals surface area contributed by atoms with Crippen LogP contribution in [0.1, 0.15) is 24.1 Å². The molecule has 0 amide bonds. The molecule has 0 bridgehead atoms. The number of methoxy groups -OCH3 is 1. The molecule has 19 heavy (non-hydrogen) atoms. The molecule has 1 atom stereocenters. The standard InChI is InChI=1S/C15H17FN2O/c1-3-18-15(12-5-4-8-17-10-12)11-6-7-13(16)14(9-11)19-2/h4-10,15,18H,3H2,1-2H3. The average Bonchev–Trinajstić information content (AvgIpc) is 2.46. The van der Waals surface area contributed by atoms with Crippen molar-refractivity contribution in [3.8, 4) is 5.75 Å². The number of halogens is 1. The van der Waals surface area contributed by atoms with E-state index in [9.17, 15) is 4.39 Å². The van der Waals surface area contributed by atoms with Gasteiger partial charge in [0, 0.05) is 12.4 Å². The first kappa shape index (κ1) is 13.5. The number of pyridine rings is 1. The van der Waals surface area contributed by atoms with Crippen molar-refractivity contribution in [3.63, 3.8) is 0 Å². The number of nitrogens with one attached hydrogen (secondary N) is 1. The minimum atomic E-state index is -0.354. The van der Waals surface area contributed by atoms with Crippen molar-refractivity contribution < 1.29 is 9.13 Å². The van der Waals surface area contributed by atoms with Gasteiger partial charge in [-0.05, 0) is 35.9 Å². The van der Waals surface area contributed by atoms with Crippen molar-refractivity contribution >= 4 is 0 Å². The molecule has 1 aromatic carbocycles. The fraction of sp³-hybridized carbons (Fsp3) is 0.267. The SMILES string of the molecule is CCNC(c1cccnc1)c1ccc(F)c(OC)c1. The monoisotopic (exact) mass is 260 g/mol. The van der Waals surface area contributed by atoms with Gasteiger partial charge in [-0.3, -0.25) is 4.98 Å². The predicted molar refractivity (Wildman–Crippen MR) is 72.7 cm³/mol. The van der Waals surface area contributed by atoms with Gasteiger partial charge in [0.15, 0.2) is 11.6 Å². The summed E-state index contributed by atoms with van der Waals surface area (Å²) in [6, 6.07) is 8.77. The van der Waals surface area contributed by atoms with E-state index in [0.717, 1.165) is 17.7 Å². The Hall–Kier alpha value is -1.94. The lowest BCUT2D eigenvalue weighted by Gasteiger charge is -2.19. The van der Waals surface area contributed by atoms with Gasteiger partial charge in [-0.2, -0.15) is 0 Å². The summed E-state index contributed by atoms with van der Waals surface area (Å²) in [5.74, 6) is -0.100. The van der Waals surface area contributed by atoms with Gasteiger partial charge in [0.1, 0.15) is 0 Å². The molecule has 4 heteroatoms. The second-order valence-corrected chi connectivity index (χ2v) is 4.17. The maximum absolute atomic E-state index is 13.5. The summed E-state index contributed by atoms with van der Waals surface area (Å²) in [4.78, 5) is 4.13. The van der Waals surface area contributed by atoms with E-state index in [0.29, 0.717) is 0 Å². The highest BCUT2D eigenvalue weighted by atomic mass is 19.1. The Morgan fingerprint density at radius 3 is 2.79 bits per heavy atom. The minimum Gasteiger partial charge on any atom is -0.494 e. The Kier molecular flexibility index (Phi) is 4.47. The van der Waals surface area contributed by atoms with E-state index in [2.05, 4.69) is 10.3 Å². The van der Waals surface area contributed by atoms with Gasteiger partial charge >= 0.3 is 0 Å². The lowest BCUT2D eigenvalue weighted by molar-refractivity contribution is 0.385. The summed E-state index contributed by atoms with van der Waals surface area (Å²) in [7, 11) is 1.47. The van der Waals surface area contributed by atoms with Gasteiger partial charge in [0.05, 0.1) is 13.2 Å². The molecule has 0 saturated heterocycles. The van der Waals surface area contributed by atoms with Gasteiger partial charge in [0.25, 0.3) is 0 Å². The van der Waals surface area contributed by atoms with Crippen molar-refractivity contribution in [2.45, 2.75) is 13.0 Å². The summed E-state index contributed by atoms with van der Waals surface area (Å²) in [5.41, 5.74) is 1.99. The first-order valence-corrected chi connectivity index (χ1v) is 6.23. The first-order chi connectivity index (χ1) is 9.26. The topological polar surface area (TPSA) is 34.2 Å². The zero-order valence-corrected chi connectivity index (χ0v) is 11.1. The maximum atomic E-state index is 13.5. The Morgan fingerprint density at radius 2 is 2.16 bits per heavy atom. The van der Waals surface area contributed by atoms with Crippen LogP contribution in [0.4, 0.5) is 4.39 Å². The van der Waals surface area contributed by atoms with Gasteiger partial charge in [-0.1, -0.05) is 19.1 Å². The molecule has 0 radical (unpaired) electrons. The number of hydrogen-bond donors (Lipinski definition) is 1. The number of ether oxygens (including phenoxy) is 1. The summed E-state index contributed by atoms with van der Waals surface area (Å²) >= 11 is 0. The highest BCUT2D eigenvalue weighted by molar-refractivity contribution is 5.36. The predicted octanol–water partition coefficient (Wildman–Crippen LogP) is 2.93. The molecule has 0 aliphatic rings. The van der Waals surface area contributed by atoms with Crippen molar-refractivity contribution in [1.82, 2.24) is 10.3 Å². The van der Waals surface area contributed by atoms with Crippen LogP contribution in [0.5, 0.6) is 5.75 Å². The molecule has 1 aromatic heterocycles. The molecule has 1 unspecified atom stereocenters. The second-order valence-electron chi connectivity index (χ2n) is 4.17. The molecular formula is C15H17FN2O. The summed E-state index contributed by atoms with van der Waals surface area (Å²) < 4.78 is 18.5. The van der Waals surface area contributed by atoms with Crippen LogP contribution in [0.2, 0.25) is 0 Å². The smallest absolute Gasteiger partial charge is 0.165 e. The Morgan fingerprint density at radius 1 is 1.32 bits per heavy atom. The molecule has 1 N–H and O–H groups in total. The van der Waals surface area contributed by atoms with Crippen molar-refractivity contribution in [1.29, 1.82) is 0 Å². The Labute approximate surface area is 112 Å². The van der Waals surface area contributed by atoms with Crippen molar-refractivity contribution in [2.24, 2.45) is 0 Å². The summed E-state index contributed by atoms with van der Waals surface area (Å²) in [6.07, 6.45) is 3.54. The van der Waals surface area contributed by atoms with Crippen molar-refractivity contribution in [2.75, 3.05) is 13.7 Å². The molecule has 0 aliphatic carbocycles. The van der Waals surface area contributed by atoms with Crippen molar-refractivity contribution in [3.05, 3.63) is 59.7 Å². The molecule has 0 fully saturated rings. The quantitative estimate of drug-likeness (QED) is 0.897. The van der Waals surface area contributed by atoms with Crippen LogP contribution in [0.25, 0.3) is 0 Å². The highest BCUT2D eigenvalue weighted by Gasteiger charge is 2.15. The summed E-state index contributed by atoms with van der Waals surface area (Å²) in [6.45, 7) is 2.84. The minimum absolute atomic E-state index is 0.0202. The maximum Gasteiger partial charge on any atom is 0.165 e. The van der Waals surface area contributed by atoms with E-state index in [1.165, 1.54) is 13.2 Å².